The normalized spacial score (nSPS) is 23.7. The SMILES string of the molecule is CCN1C(=O)CCCN1C(C)C(C)O. The predicted molar refractivity (Wildman–Crippen MR) is 54.5 cm³/mol. The highest BCUT2D eigenvalue weighted by molar-refractivity contribution is 5.76. The van der Waals surface area contributed by atoms with Crippen molar-refractivity contribution in [3.63, 3.8) is 0 Å². The molecule has 0 spiro atoms. The van der Waals surface area contributed by atoms with Crippen molar-refractivity contribution in [3.8, 4) is 0 Å². The number of hydrazine groups is 1. The molecule has 2 atom stereocenters. The minimum Gasteiger partial charge on any atom is -0.392 e. The molecule has 1 aliphatic rings. The van der Waals surface area contributed by atoms with Crippen LogP contribution < -0.4 is 0 Å². The summed E-state index contributed by atoms with van der Waals surface area (Å²) in [5.41, 5.74) is 0. The topological polar surface area (TPSA) is 43.8 Å². The lowest BCUT2D eigenvalue weighted by Gasteiger charge is -2.42. The van der Waals surface area contributed by atoms with E-state index < -0.39 is 6.10 Å². The number of aliphatic hydroxyl groups excluding tert-OH is 1. The minimum absolute atomic E-state index is 0.0131. The Balaban J connectivity index is 2.69. The van der Waals surface area contributed by atoms with Crippen LogP contribution in [0.4, 0.5) is 0 Å². The van der Waals surface area contributed by atoms with E-state index in [0.29, 0.717) is 13.0 Å². The van der Waals surface area contributed by atoms with Gasteiger partial charge < -0.3 is 5.11 Å². The van der Waals surface area contributed by atoms with Crippen molar-refractivity contribution in [2.24, 2.45) is 0 Å². The van der Waals surface area contributed by atoms with Gasteiger partial charge in [0.2, 0.25) is 5.91 Å². The van der Waals surface area contributed by atoms with Gasteiger partial charge in [0.05, 0.1) is 12.1 Å². The molecule has 0 bridgehead atoms. The van der Waals surface area contributed by atoms with Crippen LogP contribution >= 0.6 is 0 Å². The Labute approximate surface area is 85.5 Å². The predicted octanol–water partition coefficient (Wildman–Crippen LogP) is 0.615. The number of hydrogen-bond donors (Lipinski definition) is 1. The third-order valence-electron chi connectivity index (χ3n) is 2.84. The molecule has 1 fully saturated rings. The lowest BCUT2D eigenvalue weighted by atomic mass is 10.1. The summed E-state index contributed by atoms with van der Waals surface area (Å²) >= 11 is 0. The highest BCUT2D eigenvalue weighted by atomic mass is 16.3. The average Bonchev–Trinajstić information content (AvgIpc) is 2.16. The van der Waals surface area contributed by atoms with Gasteiger partial charge in [0, 0.05) is 19.5 Å². The highest BCUT2D eigenvalue weighted by Crippen LogP contribution is 2.16. The molecule has 4 heteroatoms. The molecule has 1 saturated heterocycles. The van der Waals surface area contributed by atoms with Gasteiger partial charge in [0.25, 0.3) is 0 Å². The molecule has 1 N–H and O–H groups in total. The van der Waals surface area contributed by atoms with Crippen LogP contribution in [0.3, 0.4) is 0 Å². The standard InChI is InChI=1S/C10H20N2O2/c1-4-11-10(14)6-5-7-12(11)8(2)9(3)13/h8-9,13H,4-7H2,1-3H3. The molecule has 0 aromatic heterocycles. The van der Waals surface area contributed by atoms with Gasteiger partial charge in [-0.2, -0.15) is 0 Å². The minimum atomic E-state index is -0.407. The van der Waals surface area contributed by atoms with Crippen molar-refractivity contribution in [1.82, 2.24) is 10.0 Å². The van der Waals surface area contributed by atoms with E-state index in [9.17, 15) is 9.90 Å². The second kappa shape index (κ2) is 4.75. The van der Waals surface area contributed by atoms with E-state index in [-0.39, 0.29) is 11.9 Å². The number of carbonyl (C=O) groups is 1. The zero-order chi connectivity index (χ0) is 10.7. The fourth-order valence-electron chi connectivity index (χ4n) is 1.82. The second-order valence-corrected chi connectivity index (χ2v) is 3.86. The number of amides is 1. The second-order valence-electron chi connectivity index (χ2n) is 3.86. The van der Waals surface area contributed by atoms with Crippen LogP contribution in [0.1, 0.15) is 33.6 Å². The van der Waals surface area contributed by atoms with E-state index in [1.807, 2.05) is 18.9 Å². The molecule has 0 saturated carbocycles. The fraction of sp³-hybridized carbons (Fsp3) is 0.900. The molecule has 4 nitrogen and oxygen atoms in total. The zero-order valence-corrected chi connectivity index (χ0v) is 9.23. The summed E-state index contributed by atoms with van der Waals surface area (Å²) in [7, 11) is 0. The first-order valence-corrected chi connectivity index (χ1v) is 5.33. The van der Waals surface area contributed by atoms with Gasteiger partial charge in [0.1, 0.15) is 0 Å². The maximum atomic E-state index is 11.6. The molecule has 1 amide bonds. The number of hydrogen-bond acceptors (Lipinski definition) is 3. The monoisotopic (exact) mass is 200 g/mol. The summed E-state index contributed by atoms with van der Waals surface area (Å²) in [5.74, 6) is 0.172. The van der Waals surface area contributed by atoms with Gasteiger partial charge in [-0.05, 0) is 27.2 Å². The molecule has 0 aromatic carbocycles. The molecule has 2 unspecified atom stereocenters. The van der Waals surface area contributed by atoms with Crippen molar-refractivity contribution in [2.75, 3.05) is 13.1 Å². The Hall–Kier alpha value is -0.610. The summed E-state index contributed by atoms with van der Waals surface area (Å²) in [6, 6.07) is 0.0131. The Kier molecular flexibility index (Phi) is 3.89. The number of aliphatic hydroxyl groups is 1. The quantitative estimate of drug-likeness (QED) is 0.726. The molecular weight excluding hydrogens is 180 g/mol. The molecule has 1 heterocycles. The van der Waals surface area contributed by atoms with Crippen LogP contribution in [0.25, 0.3) is 0 Å². The Morgan fingerprint density at radius 3 is 2.64 bits per heavy atom. The molecule has 1 rings (SSSR count). The molecule has 1 aliphatic heterocycles. The van der Waals surface area contributed by atoms with Crippen molar-refractivity contribution in [3.05, 3.63) is 0 Å². The zero-order valence-electron chi connectivity index (χ0n) is 9.23. The van der Waals surface area contributed by atoms with Crippen LogP contribution in [0.2, 0.25) is 0 Å². The largest absolute Gasteiger partial charge is 0.392 e. The van der Waals surface area contributed by atoms with E-state index in [1.54, 1.807) is 11.9 Å². The van der Waals surface area contributed by atoms with E-state index in [1.165, 1.54) is 0 Å². The summed E-state index contributed by atoms with van der Waals surface area (Å²) in [6.07, 6.45) is 1.12. The number of nitrogens with zero attached hydrogens (tertiary/aromatic N) is 2. The van der Waals surface area contributed by atoms with Crippen molar-refractivity contribution >= 4 is 5.91 Å². The molecule has 82 valence electrons. The van der Waals surface area contributed by atoms with Crippen molar-refractivity contribution in [1.29, 1.82) is 0 Å². The first-order chi connectivity index (χ1) is 6.57. The van der Waals surface area contributed by atoms with Gasteiger partial charge >= 0.3 is 0 Å². The van der Waals surface area contributed by atoms with Crippen LogP contribution in [0.15, 0.2) is 0 Å². The average molecular weight is 200 g/mol. The Bertz CT molecular complexity index is 206. The summed E-state index contributed by atoms with van der Waals surface area (Å²) < 4.78 is 0. The van der Waals surface area contributed by atoms with Crippen molar-refractivity contribution < 1.29 is 9.90 Å². The van der Waals surface area contributed by atoms with Crippen molar-refractivity contribution in [2.45, 2.75) is 45.8 Å². The van der Waals surface area contributed by atoms with Gasteiger partial charge in [0.15, 0.2) is 0 Å². The Morgan fingerprint density at radius 2 is 2.14 bits per heavy atom. The molecular formula is C10H20N2O2. The number of rotatable bonds is 3. The van der Waals surface area contributed by atoms with E-state index in [2.05, 4.69) is 0 Å². The van der Waals surface area contributed by atoms with Gasteiger partial charge in [-0.25, -0.2) is 5.01 Å². The van der Waals surface area contributed by atoms with Crippen LogP contribution in [-0.2, 0) is 4.79 Å². The molecule has 0 aromatic rings. The Morgan fingerprint density at radius 1 is 1.50 bits per heavy atom. The lowest BCUT2D eigenvalue weighted by Crippen LogP contribution is -2.56. The lowest BCUT2D eigenvalue weighted by molar-refractivity contribution is -0.164. The molecule has 14 heavy (non-hydrogen) atoms. The number of carbonyl (C=O) groups excluding carboxylic acids is 1. The smallest absolute Gasteiger partial charge is 0.236 e. The van der Waals surface area contributed by atoms with Gasteiger partial charge in [-0.3, -0.25) is 9.80 Å². The first kappa shape index (κ1) is 11.5. The van der Waals surface area contributed by atoms with Crippen LogP contribution in [-0.4, -0.2) is 46.3 Å². The van der Waals surface area contributed by atoms with Crippen LogP contribution in [0.5, 0.6) is 0 Å². The molecule has 0 aliphatic carbocycles. The van der Waals surface area contributed by atoms with Crippen LogP contribution in [0, 0.1) is 0 Å². The summed E-state index contributed by atoms with van der Waals surface area (Å²) in [5, 5.41) is 13.2. The maximum Gasteiger partial charge on any atom is 0.236 e. The third kappa shape index (κ3) is 2.25. The summed E-state index contributed by atoms with van der Waals surface area (Å²) in [4.78, 5) is 11.6. The fourth-order valence-corrected chi connectivity index (χ4v) is 1.82. The van der Waals surface area contributed by atoms with E-state index >= 15 is 0 Å². The highest BCUT2D eigenvalue weighted by Gasteiger charge is 2.29. The van der Waals surface area contributed by atoms with Gasteiger partial charge in [-0.15, -0.1) is 0 Å². The van der Waals surface area contributed by atoms with Gasteiger partial charge in [-0.1, -0.05) is 0 Å². The third-order valence-corrected chi connectivity index (χ3v) is 2.84. The maximum absolute atomic E-state index is 11.6. The first-order valence-electron chi connectivity index (χ1n) is 5.33. The van der Waals surface area contributed by atoms with E-state index in [4.69, 9.17) is 0 Å². The summed E-state index contributed by atoms with van der Waals surface area (Å²) in [6.45, 7) is 7.23. The van der Waals surface area contributed by atoms with E-state index in [0.717, 1.165) is 13.0 Å². The molecule has 0 radical (unpaired) electrons.